The Kier molecular flexibility index (Phi) is 4.54. The first-order chi connectivity index (χ1) is 9.69. The van der Waals surface area contributed by atoms with E-state index in [1.54, 1.807) is 20.9 Å². The van der Waals surface area contributed by atoms with Crippen LogP contribution in [0.5, 0.6) is 0 Å². The zero-order chi connectivity index (χ0) is 15.7. The lowest BCUT2D eigenvalue weighted by Crippen LogP contribution is -2.58. The summed E-state index contributed by atoms with van der Waals surface area (Å²) in [5, 5.41) is 3.39. The van der Waals surface area contributed by atoms with Crippen LogP contribution in [0, 0.1) is 5.41 Å². The molecule has 2 aliphatic heterocycles. The number of nitrogens with one attached hydrogen (secondary N) is 1. The molecule has 0 aromatic rings. The molecule has 1 N–H and O–H groups in total. The molecule has 122 valence electrons. The standard InChI is InChI=1S/C14H27N3O3S/c1-13(2)10-17(6-8-21(13,18)19)12(15-4)16-9-14(3)5-7-20-11-14/h5-11H2,1-4H3,(H,15,16). The van der Waals surface area contributed by atoms with Gasteiger partial charge in [-0.1, -0.05) is 6.92 Å². The van der Waals surface area contributed by atoms with Crippen LogP contribution in [0.25, 0.3) is 0 Å². The van der Waals surface area contributed by atoms with Crippen LogP contribution in [0.4, 0.5) is 0 Å². The van der Waals surface area contributed by atoms with Gasteiger partial charge in [-0.25, -0.2) is 8.42 Å². The number of rotatable bonds is 2. The van der Waals surface area contributed by atoms with Gasteiger partial charge in [0.15, 0.2) is 15.8 Å². The van der Waals surface area contributed by atoms with Crippen LogP contribution in [0.1, 0.15) is 27.2 Å². The van der Waals surface area contributed by atoms with E-state index in [4.69, 9.17) is 4.74 Å². The summed E-state index contributed by atoms with van der Waals surface area (Å²) in [5.74, 6) is 0.965. The highest BCUT2D eigenvalue weighted by atomic mass is 32.2. The van der Waals surface area contributed by atoms with Crippen LogP contribution in [-0.4, -0.2) is 69.7 Å². The first kappa shape index (κ1) is 16.5. The topological polar surface area (TPSA) is 71.0 Å². The second kappa shape index (κ2) is 5.76. The molecule has 0 saturated carbocycles. The number of hydrogen-bond acceptors (Lipinski definition) is 4. The molecule has 2 rings (SSSR count). The zero-order valence-corrected chi connectivity index (χ0v) is 14.3. The summed E-state index contributed by atoms with van der Waals surface area (Å²) < 4.78 is 28.9. The van der Waals surface area contributed by atoms with Gasteiger partial charge in [-0.05, 0) is 20.3 Å². The Morgan fingerprint density at radius 2 is 2.10 bits per heavy atom. The van der Waals surface area contributed by atoms with E-state index in [1.807, 2.05) is 4.90 Å². The fraction of sp³-hybridized carbons (Fsp3) is 0.929. The maximum atomic E-state index is 12.1. The molecule has 2 heterocycles. The molecular formula is C14H27N3O3S. The van der Waals surface area contributed by atoms with E-state index >= 15 is 0 Å². The molecule has 1 unspecified atom stereocenters. The highest BCUT2D eigenvalue weighted by molar-refractivity contribution is 7.92. The third-order valence-corrected chi connectivity index (χ3v) is 7.06. The highest BCUT2D eigenvalue weighted by Gasteiger charge is 2.41. The van der Waals surface area contributed by atoms with E-state index in [2.05, 4.69) is 17.2 Å². The normalized spacial score (nSPS) is 32.2. The molecule has 0 spiro atoms. The van der Waals surface area contributed by atoms with Gasteiger partial charge in [-0.15, -0.1) is 0 Å². The smallest absolute Gasteiger partial charge is 0.193 e. The third kappa shape index (κ3) is 3.51. The van der Waals surface area contributed by atoms with Crippen molar-refractivity contribution in [2.45, 2.75) is 31.9 Å². The minimum atomic E-state index is -3.02. The van der Waals surface area contributed by atoms with Gasteiger partial charge in [0.05, 0.1) is 17.1 Å². The number of aliphatic imine (C=N–C) groups is 1. The van der Waals surface area contributed by atoms with Crippen LogP contribution in [-0.2, 0) is 14.6 Å². The second-order valence-corrected chi connectivity index (χ2v) is 9.76. The van der Waals surface area contributed by atoms with E-state index in [1.165, 1.54) is 0 Å². The van der Waals surface area contributed by atoms with Crippen LogP contribution >= 0.6 is 0 Å². The fourth-order valence-electron chi connectivity index (χ4n) is 2.80. The Balaban J connectivity index is 1.99. The van der Waals surface area contributed by atoms with Crippen molar-refractivity contribution in [3.63, 3.8) is 0 Å². The molecule has 21 heavy (non-hydrogen) atoms. The van der Waals surface area contributed by atoms with Gasteiger partial charge in [-0.2, -0.15) is 0 Å². The number of hydrogen-bond donors (Lipinski definition) is 1. The minimum Gasteiger partial charge on any atom is -0.381 e. The average Bonchev–Trinajstić information content (AvgIpc) is 2.81. The van der Waals surface area contributed by atoms with E-state index in [0.717, 1.165) is 32.1 Å². The summed E-state index contributed by atoms with van der Waals surface area (Å²) >= 11 is 0. The van der Waals surface area contributed by atoms with E-state index < -0.39 is 14.6 Å². The largest absolute Gasteiger partial charge is 0.381 e. The Hall–Kier alpha value is -0.820. The van der Waals surface area contributed by atoms with Crippen LogP contribution in [0.2, 0.25) is 0 Å². The molecule has 1 atom stereocenters. The zero-order valence-electron chi connectivity index (χ0n) is 13.5. The highest BCUT2D eigenvalue weighted by Crippen LogP contribution is 2.27. The molecule has 2 saturated heterocycles. The van der Waals surface area contributed by atoms with Crippen molar-refractivity contribution in [2.24, 2.45) is 10.4 Å². The van der Waals surface area contributed by atoms with Crippen molar-refractivity contribution in [2.75, 3.05) is 45.6 Å². The van der Waals surface area contributed by atoms with Gasteiger partial charge < -0.3 is 15.0 Å². The number of sulfone groups is 1. The lowest BCUT2D eigenvalue weighted by Gasteiger charge is -2.39. The molecule has 2 fully saturated rings. The van der Waals surface area contributed by atoms with E-state index in [0.29, 0.717) is 13.1 Å². The van der Waals surface area contributed by atoms with Crippen molar-refractivity contribution in [1.82, 2.24) is 10.2 Å². The Morgan fingerprint density at radius 3 is 2.62 bits per heavy atom. The van der Waals surface area contributed by atoms with Crippen molar-refractivity contribution in [1.29, 1.82) is 0 Å². The third-order valence-electron chi connectivity index (χ3n) is 4.53. The van der Waals surface area contributed by atoms with Crippen molar-refractivity contribution < 1.29 is 13.2 Å². The number of ether oxygens (including phenoxy) is 1. The lowest BCUT2D eigenvalue weighted by atomic mass is 9.90. The van der Waals surface area contributed by atoms with Gasteiger partial charge >= 0.3 is 0 Å². The molecule has 7 heteroatoms. The summed E-state index contributed by atoms with van der Waals surface area (Å²) in [5.41, 5.74) is 0.132. The lowest BCUT2D eigenvalue weighted by molar-refractivity contribution is 0.160. The fourth-order valence-corrected chi connectivity index (χ4v) is 4.16. The summed E-state index contributed by atoms with van der Waals surface area (Å²) in [7, 11) is -1.28. The van der Waals surface area contributed by atoms with Crippen molar-refractivity contribution in [3.8, 4) is 0 Å². The van der Waals surface area contributed by atoms with Gasteiger partial charge in [0.25, 0.3) is 0 Å². The molecule has 0 aromatic heterocycles. The predicted molar refractivity (Wildman–Crippen MR) is 84.3 cm³/mol. The molecule has 0 amide bonds. The summed E-state index contributed by atoms with van der Waals surface area (Å²) in [6.07, 6.45) is 1.04. The second-order valence-electron chi connectivity index (χ2n) is 7.01. The quantitative estimate of drug-likeness (QED) is 0.593. The predicted octanol–water partition coefficient (Wildman–Crippen LogP) is 0.497. The van der Waals surface area contributed by atoms with Crippen molar-refractivity contribution in [3.05, 3.63) is 0 Å². The molecule has 0 aromatic carbocycles. The molecule has 0 aliphatic carbocycles. The number of nitrogens with zero attached hydrogens (tertiary/aromatic N) is 2. The van der Waals surface area contributed by atoms with Gasteiger partial charge in [0, 0.05) is 38.7 Å². The summed E-state index contributed by atoms with van der Waals surface area (Å²) in [6.45, 7) is 9.11. The molecule has 0 bridgehead atoms. The summed E-state index contributed by atoms with van der Waals surface area (Å²) in [6, 6.07) is 0. The molecule has 2 aliphatic rings. The Morgan fingerprint density at radius 1 is 1.38 bits per heavy atom. The van der Waals surface area contributed by atoms with Gasteiger partial charge in [-0.3, -0.25) is 4.99 Å². The van der Waals surface area contributed by atoms with Gasteiger partial charge in [0.2, 0.25) is 0 Å². The maximum absolute atomic E-state index is 12.1. The summed E-state index contributed by atoms with van der Waals surface area (Å²) in [4.78, 5) is 6.35. The van der Waals surface area contributed by atoms with Crippen LogP contribution < -0.4 is 5.32 Å². The monoisotopic (exact) mass is 317 g/mol. The van der Waals surface area contributed by atoms with E-state index in [9.17, 15) is 8.42 Å². The first-order valence-corrected chi connectivity index (χ1v) is 9.10. The number of guanidine groups is 1. The van der Waals surface area contributed by atoms with E-state index in [-0.39, 0.29) is 11.2 Å². The minimum absolute atomic E-state index is 0.132. The average molecular weight is 317 g/mol. The Labute approximate surface area is 127 Å². The van der Waals surface area contributed by atoms with Crippen molar-refractivity contribution >= 4 is 15.8 Å². The van der Waals surface area contributed by atoms with Gasteiger partial charge in [0.1, 0.15) is 0 Å². The SMILES string of the molecule is CN=C(NCC1(C)CCOC1)N1CCS(=O)(=O)C(C)(C)C1. The van der Waals surface area contributed by atoms with Crippen LogP contribution in [0.3, 0.4) is 0 Å². The Bertz CT molecular complexity index is 508. The maximum Gasteiger partial charge on any atom is 0.193 e. The molecular weight excluding hydrogens is 290 g/mol. The molecule has 6 nitrogen and oxygen atoms in total. The van der Waals surface area contributed by atoms with Crippen LogP contribution in [0.15, 0.2) is 4.99 Å². The first-order valence-electron chi connectivity index (χ1n) is 7.45. The molecule has 0 radical (unpaired) electrons.